The fraction of sp³-hybridized carbons (Fsp3) is 0. The van der Waals surface area contributed by atoms with Crippen molar-refractivity contribution in [2.45, 2.75) is 4.90 Å². The van der Waals surface area contributed by atoms with Crippen LogP contribution in [0.2, 0.25) is 0 Å². The Hall–Kier alpha value is -2.84. The van der Waals surface area contributed by atoms with E-state index in [1.165, 1.54) is 24.3 Å². The summed E-state index contributed by atoms with van der Waals surface area (Å²) in [6, 6.07) is 14.5. The molecule has 0 radical (unpaired) electrons. The van der Waals surface area contributed by atoms with Crippen molar-refractivity contribution >= 4 is 21.6 Å². The molecular formula is C15H12N4O3S. The van der Waals surface area contributed by atoms with Gasteiger partial charge in [0.2, 0.25) is 10.0 Å². The van der Waals surface area contributed by atoms with Crippen LogP contribution in [0.3, 0.4) is 0 Å². The van der Waals surface area contributed by atoms with Crippen LogP contribution in [0.1, 0.15) is 10.5 Å². The Balaban J connectivity index is 1.85. The van der Waals surface area contributed by atoms with Crippen LogP contribution >= 0.6 is 0 Å². The van der Waals surface area contributed by atoms with Crippen molar-refractivity contribution in [1.29, 1.82) is 0 Å². The molecule has 0 aromatic heterocycles. The first-order valence-corrected chi connectivity index (χ1v) is 8.15. The van der Waals surface area contributed by atoms with Gasteiger partial charge in [-0.15, -0.1) is 10.2 Å². The zero-order valence-electron chi connectivity index (χ0n) is 11.8. The molecule has 1 aliphatic heterocycles. The number of amides is 1. The fourth-order valence-corrected chi connectivity index (χ4v) is 2.58. The van der Waals surface area contributed by atoms with Crippen LogP contribution in [0.5, 0.6) is 0 Å². The Morgan fingerprint density at radius 1 is 0.957 bits per heavy atom. The smallest absolute Gasteiger partial charge is 0.276 e. The minimum absolute atomic E-state index is 0.0268. The van der Waals surface area contributed by atoms with E-state index in [4.69, 9.17) is 5.14 Å². The SMILES string of the molecule is NS(=O)(=O)c1ccc(NC(=O)c2nnc3cccccc2-3)cc1. The lowest BCUT2D eigenvalue weighted by Gasteiger charge is -2.05. The number of anilines is 1. The van der Waals surface area contributed by atoms with Gasteiger partial charge < -0.3 is 5.32 Å². The van der Waals surface area contributed by atoms with Crippen molar-refractivity contribution in [3.05, 3.63) is 60.3 Å². The number of hydrogen-bond acceptors (Lipinski definition) is 5. The predicted octanol–water partition coefficient (Wildman–Crippen LogP) is 1.48. The second-order valence-corrected chi connectivity index (χ2v) is 6.34. The molecule has 7 nitrogen and oxygen atoms in total. The van der Waals surface area contributed by atoms with E-state index in [2.05, 4.69) is 15.5 Å². The number of nitrogens with zero attached hydrogens (tertiary/aromatic N) is 2. The monoisotopic (exact) mass is 328 g/mol. The molecule has 2 aliphatic rings. The average Bonchev–Trinajstić information content (AvgIpc) is 2.76. The third-order valence-electron chi connectivity index (χ3n) is 3.18. The Morgan fingerprint density at radius 2 is 1.65 bits per heavy atom. The number of nitrogens with two attached hydrogens (primary N) is 1. The molecule has 0 saturated heterocycles. The highest BCUT2D eigenvalue weighted by atomic mass is 32.2. The summed E-state index contributed by atoms with van der Waals surface area (Å²) in [5.74, 6) is -0.429. The zero-order chi connectivity index (χ0) is 16.4. The third kappa shape index (κ3) is 3.17. The number of primary sulfonamides is 1. The van der Waals surface area contributed by atoms with Gasteiger partial charge in [-0.25, -0.2) is 13.6 Å². The van der Waals surface area contributed by atoms with Crippen molar-refractivity contribution in [3.8, 4) is 11.3 Å². The van der Waals surface area contributed by atoms with Gasteiger partial charge in [-0.05, 0) is 30.3 Å². The van der Waals surface area contributed by atoms with E-state index in [1.54, 1.807) is 18.2 Å². The molecule has 8 heteroatoms. The quantitative estimate of drug-likeness (QED) is 0.755. The summed E-state index contributed by atoms with van der Waals surface area (Å²) >= 11 is 0. The van der Waals surface area contributed by atoms with Gasteiger partial charge in [0.1, 0.15) is 0 Å². The molecule has 116 valence electrons. The maximum atomic E-state index is 12.3. The molecule has 1 aromatic carbocycles. The second kappa shape index (κ2) is 5.75. The molecule has 1 aliphatic carbocycles. The van der Waals surface area contributed by atoms with E-state index in [-0.39, 0.29) is 10.6 Å². The molecule has 3 rings (SSSR count). The molecular weight excluding hydrogens is 316 g/mol. The molecule has 0 unspecified atom stereocenters. The molecule has 0 atom stereocenters. The standard InChI is InChI=1S/C15H12N4O3S/c16-23(21,22)11-8-6-10(7-9-11)17-15(20)14-12-4-2-1-3-5-13(12)18-19-14/h1-9H,(H,17,20)(H2,16,21,22). The molecule has 23 heavy (non-hydrogen) atoms. The van der Waals surface area contributed by atoms with Crippen molar-refractivity contribution in [2.24, 2.45) is 5.14 Å². The van der Waals surface area contributed by atoms with Crippen molar-refractivity contribution in [2.75, 3.05) is 5.32 Å². The largest absolute Gasteiger partial charge is 0.321 e. The molecule has 1 aromatic rings. The van der Waals surface area contributed by atoms with Crippen LogP contribution in [0, 0.1) is 0 Å². The Bertz CT molecular complexity index is 939. The first-order valence-electron chi connectivity index (χ1n) is 6.61. The lowest BCUT2D eigenvalue weighted by atomic mass is 10.1. The van der Waals surface area contributed by atoms with E-state index >= 15 is 0 Å². The first kappa shape index (κ1) is 15.1. The van der Waals surface area contributed by atoms with Crippen LogP contribution in [0.4, 0.5) is 5.69 Å². The Kier molecular flexibility index (Phi) is 3.77. The van der Waals surface area contributed by atoms with Gasteiger partial charge in [-0.2, -0.15) is 0 Å². The van der Waals surface area contributed by atoms with E-state index in [0.717, 1.165) is 0 Å². The number of benzene rings is 1. The highest BCUT2D eigenvalue weighted by Crippen LogP contribution is 2.22. The number of fused-ring (bicyclic) bond motifs is 1. The number of hydrogen-bond donors (Lipinski definition) is 2. The summed E-state index contributed by atoms with van der Waals surface area (Å²) in [5.41, 5.74) is 1.88. The van der Waals surface area contributed by atoms with Crippen LogP contribution in [-0.4, -0.2) is 24.5 Å². The van der Waals surface area contributed by atoms with E-state index in [0.29, 0.717) is 16.9 Å². The van der Waals surface area contributed by atoms with Gasteiger partial charge >= 0.3 is 0 Å². The predicted molar refractivity (Wildman–Crippen MR) is 84.4 cm³/mol. The van der Waals surface area contributed by atoms with Gasteiger partial charge in [0.05, 0.1) is 10.6 Å². The van der Waals surface area contributed by atoms with Crippen LogP contribution in [-0.2, 0) is 10.0 Å². The average molecular weight is 328 g/mol. The molecule has 1 heterocycles. The molecule has 0 bridgehead atoms. The number of nitrogens with one attached hydrogen (secondary N) is 1. The summed E-state index contributed by atoms with van der Waals surface area (Å²) in [6.07, 6.45) is 0. The number of carbonyl (C=O) groups is 1. The lowest BCUT2D eigenvalue weighted by Crippen LogP contribution is -2.14. The Morgan fingerprint density at radius 3 is 2.35 bits per heavy atom. The van der Waals surface area contributed by atoms with Crippen LogP contribution in [0.25, 0.3) is 11.3 Å². The lowest BCUT2D eigenvalue weighted by molar-refractivity contribution is 0.102. The van der Waals surface area contributed by atoms with Crippen molar-refractivity contribution in [3.63, 3.8) is 0 Å². The normalized spacial score (nSPS) is 11.3. The number of carbonyl (C=O) groups excluding carboxylic acids is 1. The van der Waals surface area contributed by atoms with Gasteiger partial charge in [0.25, 0.3) is 5.91 Å². The van der Waals surface area contributed by atoms with Gasteiger partial charge in [0.15, 0.2) is 5.69 Å². The molecule has 0 spiro atoms. The van der Waals surface area contributed by atoms with Gasteiger partial charge in [-0.3, -0.25) is 4.79 Å². The molecule has 1 amide bonds. The zero-order valence-corrected chi connectivity index (χ0v) is 12.6. The summed E-state index contributed by atoms with van der Waals surface area (Å²) in [4.78, 5) is 12.3. The minimum Gasteiger partial charge on any atom is -0.321 e. The van der Waals surface area contributed by atoms with Crippen molar-refractivity contribution in [1.82, 2.24) is 10.2 Å². The van der Waals surface area contributed by atoms with Crippen LogP contribution < -0.4 is 10.5 Å². The van der Waals surface area contributed by atoms with Crippen LogP contribution in [0.15, 0.2) is 59.5 Å². The first-order chi connectivity index (χ1) is 10.9. The topological polar surface area (TPSA) is 115 Å². The van der Waals surface area contributed by atoms with E-state index < -0.39 is 15.9 Å². The van der Waals surface area contributed by atoms with Crippen molar-refractivity contribution < 1.29 is 13.2 Å². The highest BCUT2D eigenvalue weighted by molar-refractivity contribution is 7.89. The highest BCUT2D eigenvalue weighted by Gasteiger charge is 2.18. The van der Waals surface area contributed by atoms with Gasteiger partial charge in [-0.1, -0.05) is 24.3 Å². The summed E-state index contributed by atoms with van der Waals surface area (Å²) in [7, 11) is -3.76. The fourth-order valence-electron chi connectivity index (χ4n) is 2.07. The second-order valence-electron chi connectivity index (χ2n) is 4.78. The maximum absolute atomic E-state index is 12.3. The van der Waals surface area contributed by atoms with E-state index in [9.17, 15) is 13.2 Å². The van der Waals surface area contributed by atoms with E-state index in [1.807, 2.05) is 12.1 Å². The summed E-state index contributed by atoms with van der Waals surface area (Å²) in [6.45, 7) is 0. The molecule has 3 N–H and O–H groups in total. The Labute approximate surface area is 132 Å². The molecule has 0 saturated carbocycles. The molecule has 0 fully saturated rings. The van der Waals surface area contributed by atoms with Gasteiger partial charge in [0, 0.05) is 11.3 Å². The summed E-state index contributed by atoms with van der Waals surface area (Å²) in [5, 5.41) is 15.5. The maximum Gasteiger partial charge on any atom is 0.276 e. The number of sulfonamides is 1. The minimum atomic E-state index is -3.76. The number of aromatic nitrogens is 2. The summed E-state index contributed by atoms with van der Waals surface area (Å²) < 4.78 is 22.4. The third-order valence-corrected chi connectivity index (χ3v) is 4.11. The number of rotatable bonds is 3.